The lowest BCUT2D eigenvalue weighted by Crippen LogP contribution is -1.95. The molecule has 0 radical (unpaired) electrons. The summed E-state index contributed by atoms with van der Waals surface area (Å²) >= 11 is 0. The minimum atomic E-state index is -0.879. The smallest absolute Gasteiger partial charge is 0.335 e. The Balaban J connectivity index is 0. The number of carboxylic acids is 1. The predicted molar refractivity (Wildman–Crippen MR) is 88.2 cm³/mol. The SMILES string of the molecule is CCCCOCCCC.O=C(O)c1ccccc1.OCCO. The molecule has 0 spiro atoms. The lowest BCUT2D eigenvalue weighted by atomic mass is 10.2. The van der Waals surface area contributed by atoms with Crippen molar-refractivity contribution in [3.63, 3.8) is 0 Å². The van der Waals surface area contributed by atoms with Gasteiger partial charge < -0.3 is 20.1 Å². The molecule has 0 aliphatic rings. The number of unbranched alkanes of at least 4 members (excludes halogenated alkanes) is 2. The predicted octanol–water partition coefficient (Wildman–Crippen LogP) is 2.96. The van der Waals surface area contributed by atoms with Gasteiger partial charge in [-0.05, 0) is 25.0 Å². The van der Waals surface area contributed by atoms with Gasteiger partial charge >= 0.3 is 5.97 Å². The Kier molecular flexibility index (Phi) is 20.3. The normalized spacial score (nSPS) is 9.09. The van der Waals surface area contributed by atoms with Gasteiger partial charge in [-0.3, -0.25) is 0 Å². The highest BCUT2D eigenvalue weighted by atomic mass is 16.5. The molecule has 22 heavy (non-hydrogen) atoms. The Morgan fingerprint density at radius 3 is 1.68 bits per heavy atom. The average Bonchev–Trinajstić information content (AvgIpc) is 2.56. The number of hydrogen-bond acceptors (Lipinski definition) is 4. The van der Waals surface area contributed by atoms with Gasteiger partial charge in [-0.2, -0.15) is 0 Å². The van der Waals surface area contributed by atoms with Gasteiger partial charge in [-0.25, -0.2) is 4.79 Å². The highest BCUT2D eigenvalue weighted by molar-refractivity contribution is 5.87. The minimum Gasteiger partial charge on any atom is -0.478 e. The van der Waals surface area contributed by atoms with Crippen molar-refractivity contribution in [2.45, 2.75) is 39.5 Å². The molecule has 1 aromatic carbocycles. The molecule has 1 rings (SSSR count). The van der Waals surface area contributed by atoms with Crippen LogP contribution in [-0.4, -0.2) is 47.7 Å². The van der Waals surface area contributed by atoms with Crippen LogP contribution in [0.15, 0.2) is 30.3 Å². The van der Waals surface area contributed by atoms with E-state index >= 15 is 0 Å². The molecular formula is C17H30O5. The summed E-state index contributed by atoms with van der Waals surface area (Å²) in [7, 11) is 0. The van der Waals surface area contributed by atoms with E-state index in [0.717, 1.165) is 13.2 Å². The molecule has 0 aliphatic heterocycles. The molecule has 0 fully saturated rings. The lowest BCUT2D eigenvalue weighted by Gasteiger charge is -1.99. The van der Waals surface area contributed by atoms with Crippen LogP contribution in [-0.2, 0) is 4.74 Å². The second-order valence-corrected chi connectivity index (χ2v) is 4.44. The van der Waals surface area contributed by atoms with Crippen molar-refractivity contribution in [2.75, 3.05) is 26.4 Å². The third-order valence-corrected chi connectivity index (χ3v) is 2.41. The molecule has 0 saturated heterocycles. The fraction of sp³-hybridized carbons (Fsp3) is 0.588. The first-order chi connectivity index (χ1) is 10.6. The van der Waals surface area contributed by atoms with E-state index in [0.29, 0.717) is 5.56 Å². The highest BCUT2D eigenvalue weighted by Crippen LogP contribution is 1.96. The summed E-state index contributed by atoms with van der Waals surface area (Å²) in [5.41, 5.74) is 0.331. The van der Waals surface area contributed by atoms with E-state index in [4.69, 9.17) is 20.1 Å². The van der Waals surface area contributed by atoms with Crippen molar-refractivity contribution >= 4 is 5.97 Å². The van der Waals surface area contributed by atoms with Crippen molar-refractivity contribution in [1.29, 1.82) is 0 Å². The quantitative estimate of drug-likeness (QED) is 0.642. The van der Waals surface area contributed by atoms with Crippen LogP contribution in [0.3, 0.4) is 0 Å². The number of ether oxygens (including phenoxy) is 1. The maximum absolute atomic E-state index is 10.2. The summed E-state index contributed by atoms with van der Waals surface area (Å²) in [4.78, 5) is 10.2. The zero-order chi connectivity index (χ0) is 17.1. The van der Waals surface area contributed by atoms with Crippen LogP contribution in [0.4, 0.5) is 0 Å². The summed E-state index contributed by atoms with van der Waals surface area (Å²) in [6.07, 6.45) is 4.91. The van der Waals surface area contributed by atoms with Crippen LogP contribution in [0.5, 0.6) is 0 Å². The number of benzene rings is 1. The fourth-order valence-electron chi connectivity index (χ4n) is 1.18. The second kappa shape index (κ2) is 19.6. The van der Waals surface area contributed by atoms with E-state index in [2.05, 4.69) is 13.8 Å². The molecule has 0 unspecified atom stereocenters. The molecule has 5 nitrogen and oxygen atoms in total. The van der Waals surface area contributed by atoms with Crippen molar-refractivity contribution < 1.29 is 24.9 Å². The van der Waals surface area contributed by atoms with Crippen molar-refractivity contribution in [2.24, 2.45) is 0 Å². The number of hydrogen-bond donors (Lipinski definition) is 3. The molecule has 0 atom stereocenters. The van der Waals surface area contributed by atoms with Crippen LogP contribution in [0.2, 0.25) is 0 Å². The first-order valence-corrected chi connectivity index (χ1v) is 7.71. The van der Waals surface area contributed by atoms with E-state index in [1.54, 1.807) is 30.3 Å². The molecule has 0 aromatic heterocycles. The van der Waals surface area contributed by atoms with E-state index in [-0.39, 0.29) is 13.2 Å². The summed E-state index contributed by atoms with van der Waals surface area (Å²) in [5, 5.41) is 23.6. The third kappa shape index (κ3) is 18.6. The van der Waals surface area contributed by atoms with Gasteiger partial charge in [0.1, 0.15) is 0 Å². The monoisotopic (exact) mass is 314 g/mol. The van der Waals surface area contributed by atoms with Gasteiger partial charge in [0.2, 0.25) is 0 Å². The topological polar surface area (TPSA) is 87.0 Å². The summed E-state index contributed by atoms with van der Waals surface area (Å²) in [6, 6.07) is 8.30. The molecule has 0 saturated carbocycles. The Labute approximate surface area is 133 Å². The van der Waals surface area contributed by atoms with E-state index in [1.807, 2.05) is 0 Å². The number of aromatic carboxylic acids is 1. The Morgan fingerprint density at radius 2 is 1.41 bits per heavy atom. The van der Waals surface area contributed by atoms with Crippen molar-refractivity contribution in [3.05, 3.63) is 35.9 Å². The molecule has 1 aromatic rings. The molecule has 0 heterocycles. The number of aliphatic hydroxyl groups is 2. The Hall–Kier alpha value is -1.43. The highest BCUT2D eigenvalue weighted by Gasteiger charge is 1.96. The standard InChI is InChI=1S/C8H18O.C7H6O2.C2H6O2/c1-3-5-7-9-8-6-4-2;8-7(9)6-4-2-1-3-5-6;3-1-2-4/h3-8H2,1-2H3;1-5H,(H,8,9);3-4H,1-2H2. The number of rotatable bonds is 8. The largest absolute Gasteiger partial charge is 0.478 e. The maximum atomic E-state index is 10.2. The van der Waals surface area contributed by atoms with Crippen LogP contribution >= 0.6 is 0 Å². The molecule has 0 aliphatic carbocycles. The average molecular weight is 314 g/mol. The van der Waals surface area contributed by atoms with Crippen molar-refractivity contribution in [3.8, 4) is 0 Å². The molecule has 3 N–H and O–H groups in total. The molecule has 0 amide bonds. The van der Waals surface area contributed by atoms with Gasteiger partial charge in [0.25, 0.3) is 0 Å². The number of carboxylic acid groups (broad SMARTS) is 1. The van der Waals surface area contributed by atoms with Gasteiger partial charge in [0.15, 0.2) is 0 Å². The number of carbonyl (C=O) groups is 1. The lowest BCUT2D eigenvalue weighted by molar-refractivity contribution is 0.0697. The first kappa shape index (κ1) is 22.8. The van der Waals surface area contributed by atoms with E-state index in [1.165, 1.54) is 25.7 Å². The Bertz CT molecular complexity index is 319. The van der Waals surface area contributed by atoms with Gasteiger partial charge in [0.05, 0.1) is 18.8 Å². The summed E-state index contributed by atoms with van der Waals surface area (Å²) in [5.74, 6) is -0.879. The fourth-order valence-corrected chi connectivity index (χ4v) is 1.18. The second-order valence-electron chi connectivity index (χ2n) is 4.44. The molecule has 128 valence electrons. The minimum absolute atomic E-state index is 0.125. The summed E-state index contributed by atoms with van der Waals surface area (Å²) < 4.78 is 5.31. The summed E-state index contributed by atoms with van der Waals surface area (Å²) in [6.45, 7) is 6.03. The van der Waals surface area contributed by atoms with Crippen LogP contribution in [0, 0.1) is 0 Å². The van der Waals surface area contributed by atoms with Gasteiger partial charge in [-0.1, -0.05) is 44.9 Å². The molecular weight excluding hydrogens is 284 g/mol. The van der Waals surface area contributed by atoms with Crippen molar-refractivity contribution in [1.82, 2.24) is 0 Å². The van der Waals surface area contributed by atoms with Crippen LogP contribution in [0.25, 0.3) is 0 Å². The van der Waals surface area contributed by atoms with Gasteiger partial charge in [-0.15, -0.1) is 0 Å². The zero-order valence-corrected chi connectivity index (χ0v) is 13.7. The van der Waals surface area contributed by atoms with Crippen LogP contribution in [0.1, 0.15) is 49.9 Å². The van der Waals surface area contributed by atoms with E-state index < -0.39 is 5.97 Å². The first-order valence-electron chi connectivity index (χ1n) is 7.71. The Morgan fingerprint density at radius 1 is 0.955 bits per heavy atom. The number of aliphatic hydroxyl groups excluding tert-OH is 2. The maximum Gasteiger partial charge on any atom is 0.335 e. The van der Waals surface area contributed by atoms with E-state index in [9.17, 15) is 4.79 Å². The molecule has 0 bridgehead atoms. The zero-order valence-electron chi connectivity index (χ0n) is 13.7. The van der Waals surface area contributed by atoms with Gasteiger partial charge in [0, 0.05) is 13.2 Å². The third-order valence-electron chi connectivity index (χ3n) is 2.41. The molecule has 5 heteroatoms. The van der Waals surface area contributed by atoms with Crippen LogP contribution < -0.4 is 0 Å².